The first-order valence-corrected chi connectivity index (χ1v) is 12.5. The van der Waals surface area contributed by atoms with Crippen molar-refractivity contribution in [2.75, 3.05) is 61.9 Å². The summed E-state index contributed by atoms with van der Waals surface area (Å²) in [7, 11) is 3.96. The van der Waals surface area contributed by atoms with Crippen LogP contribution in [0, 0.1) is 23.0 Å². The van der Waals surface area contributed by atoms with Gasteiger partial charge >= 0.3 is 6.03 Å². The van der Waals surface area contributed by atoms with Crippen molar-refractivity contribution in [3.05, 3.63) is 64.8 Å². The Morgan fingerprint density at radius 2 is 1.82 bits per heavy atom. The van der Waals surface area contributed by atoms with Crippen molar-refractivity contribution in [2.24, 2.45) is 0 Å². The Morgan fingerprint density at radius 1 is 1.08 bits per heavy atom. The van der Waals surface area contributed by atoms with Crippen LogP contribution in [0.4, 0.5) is 36.5 Å². The number of hydrogen-bond donors (Lipinski definition) is 2. The lowest BCUT2D eigenvalue weighted by atomic mass is 10.0. The van der Waals surface area contributed by atoms with Gasteiger partial charge in [-0.3, -0.25) is 9.80 Å². The van der Waals surface area contributed by atoms with Gasteiger partial charge in [-0.25, -0.2) is 18.6 Å². The molecule has 198 valence electrons. The van der Waals surface area contributed by atoms with Crippen molar-refractivity contribution in [2.45, 2.75) is 6.92 Å². The molecule has 1 aromatic heterocycles. The number of fused-ring (bicyclic) bond motifs is 3. The quantitative estimate of drug-likeness (QED) is 0.363. The highest BCUT2D eigenvalue weighted by molar-refractivity contribution is 6.31. The van der Waals surface area contributed by atoms with Crippen molar-refractivity contribution < 1.29 is 13.6 Å². The highest BCUT2D eigenvalue weighted by Gasteiger charge is 2.36. The summed E-state index contributed by atoms with van der Waals surface area (Å²) in [6.07, 6.45) is 1.41. The van der Waals surface area contributed by atoms with Crippen LogP contribution in [0.3, 0.4) is 0 Å². The number of likely N-dealkylation sites (N-methyl/N-ethyl adjacent to an activating group) is 1. The van der Waals surface area contributed by atoms with E-state index in [1.807, 2.05) is 20.2 Å². The zero-order valence-electron chi connectivity index (χ0n) is 21.4. The van der Waals surface area contributed by atoms with Crippen molar-refractivity contribution in [1.82, 2.24) is 15.2 Å². The molecule has 0 fully saturated rings. The van der Waals surface area contributed by atoms with Crippen LogP contribution in [0.2, 0.25) is 5.02 Å². The molecular weight excluding hydrogens is 512 g/mol. The molecule has 2 N–H and O–H groups in total. The molecule has 0 unspecified atom stereocenters. The Kier molecular flexibility index (Phi) is 8.42. The van der Waals surface area contributed by atoms with Crippen LogP contribution in [0.1, 0.15) is 12.5 Å². The zero-order valence-corrected chi connectivity index (χ0v) is 22.1. The summed E-state index contributed by atoms with van der Waals surface area (Å²) in [5.74, 6) is -1.55. The van der Waals surface area contributed by atoms with E-state index in [-0.39, 0.29) is 23.5 Å². The van der Waals surface area contributed by atoms with Gasteiger partial charge in [-0.15, -0.1) is 0 Å². The maximum absolute atomic E-state index is 15.6. The molecule has 2 amide bonds. The predicted molar refractivity (Wildman–Crippen MR) is 146 cm³/mol. The zero-order chi connectivity index (χ0) is 27.4. The molecule has 0 radical (unpaired) electrons. The molecule has 1 aliphatic rings. The number of hydrogen-bond acceptors (Lipinski definition) is 6. The van der Waals surface area contributed by atoms with Crippen LogP contribution in [0.5, 0.6) is 0 Å². The SMILES string of the molecule is CCN1C(=O)N(c2c(F)cc(NCCNCCN(C)C)cc2F)c2cc(C#N)ccc2-c2cc(Cl)cnc21. The molecule has 0 spiro atoms. The van der Waals surface area contributed by atoms with E-state index in [4.69, 9.17) is 11.6 Å². The lowest BCUT2D eigenvalue weighted by Gasteiger charge is -2.28. The molecule has 38 heavy (non-hydrogen) atoms. The van der Waals surface area contributed by atoms with Crippen molar-refractivity contribution in [3.8, 4) is 17.2 Å². The normalized spacial score (nSPS) is 12.7. The molecule has 0 bridgehead atoms. The number of anilines is 4. The summed E-state index contributed by atoms with van der Waals surface area (Å²) >= 11 is 6.22. The summed E-state index contributed by atoms with van der Waals surface area (Å²) < 4.78 is 31.2. The summed E-state index contributed by atoms with van der Waals surface area (Å²) in [4.78, 5) is 22.5. The topological polar surface area (TPSA) is 87.5 Å². The third kappa shape index (κ3) is 5.55. The number of halogens is 3. The van der Waals surface area contributed by atoms with E-state index in [2.05, 4.69) is 20.5 Å². The first kappa shape index (κ1) is 27.3. The van der Waals surface area contributed by atoms with Crippen LogP contribution in [-0.4, -0.2) is 62.7 Å². The van der Waals surface area contributed by atoms with Crippen molar-refractivity contribution >= 4 is 40.5 Å². The van der Waals surface area contributed by atoms with E-state index < -0.39 is 23.4 Å². The second-order valence-electron chi connectivity index (χ2n) is 9.00. The molecule has 0 saturated heterocycles. The smallest absolute Gasteiger partial charge is 0.334 e. The summed E-state index contributed by atoms with van der Waals surface area (Å²) in [6, 6.07) is 9.90. The minimum absolute atomic E-state index is 0.152. The highest BCUT2D eigenvalue weighted by Crippen LogP contribution is 2.45. The highest BCUT2D eigenvalue weighted by atomic mass is 35.5. The third-order valence-electron chi connectivity index (χ3n) is 6.09. The van der Waals surface area contributed by atoms with E-state index in [1.165, 1.54) is 17.2 Å². The summed E-state index contributed by atoms with van der Waals surface area (Å²) in [5, 5.41) is 16.1. The third-order valence-corrected chi connectivity index (χ3v) is 6.30. The largest absolute Gasteiger partial charge is 0.384 e. The van der Waals surface area contributed by atoms with Crippen molar-refractivity contribution in [3.63, 3.8) is 0 Å². The van der Waals surface area contributed by atoms with Gasteiger partial charge in [0.2, 0.25) is 0 Å². The number of carbonyl (C=O) groups excluding carboxylic acids is 1. The second kappa shape index (κ2) is 11.7. The lowest BCUT2D eigenvalue weighted by Crippen LogP contribution is -2.41. The second-order valence-corrected chi connectivity index (χ2v) is 9.44. The van der Waals surface area contributed by atoms with Gasteiger partial charge < -0.3 is 15.5 Å². The van der Waals surface area contributed by atoms with E-state index in [9.17, 15) is 10.1 Å². The van der Waals surface area contributed by atoms with Gasteiger partial charge in [0.1, 0.15) is 11.5 Å². The minimum atomic E-state index is -0.928. The Morgan fingerprint density at radius 3 is 2.47 bits per heavy atom. The van der Waals surface area contributed by atoms with Gasteiger partial charge in [0, 0.05) is 55.7 Å². The average Bonchev–Trinajstić information content (AvgIpc) is 2.97. The Balaban J connectivity index is 1.74. The maximum Gasteiger partial charge on any atom is 0.334 e. The van der Waals surface area contributed by atoms with Gasteiger partial charge in [-0.2, -0.15) is 5.26 Å². The molecule has 0 saturated carbocycles. The van der Waals surface area contributed by atoms with Gasteiger partial charge in [0.25, 0.3) is 0 Å². The van der Waals surface area contributed by atoms with Crippen molar-refractivity contribution in [1.29, 1.82) is 5.26 Å². The molecule has 1 aliphatic heterocycles. The van der Waals surface area contributed by atoms with Crippen LogP contribution in [-0.2, 0) is 0 Å². The van der Waals surface area contributed by atoms with Crippen LogP contribution >= 0.6 is 11.6 Å². The fraction of sp³-hybridized carbons (Fsp3) is 0.296. The number of carbonyl (C=O) groups is 1. The van der Waals surface area contributed by atoms with E-state index in [1.54, 1.807) is 25.1 Å². The standard InChI is InChI=1S/C27H28ClF2N7O/c1-4-36-26-21(12-18(28)16-34-26)20-6-5-17(15-31)11-24(20)37(27(36)38)25-22(29)13-19(14-23(25)30)33-8-7-32-9-10-35(2)3/h5-6,11-14,16,32-33H,4,7-10H2,1-3H3. The lowest BCUT2D eigenvalue weighted by molar-refractivity contribution is 0.253. The number of amides is 2. The molecule has 3 aromatic rings. The van der Waals surface area contributed by atoms with Gasteiger partial charge in [-0.05, 0) is 51.4 Å². The predicted octanol–water partition coefficient (Wildman–Crippen LogP) is 5.21. The number of nitrogens with one attached hydrogen (secondary N) is 2. The van der Waals surface area contributed by atoms with Gasteiger partial charge in [-0.1, -0.05) is 17.7 Å². The molecule has 2 heterocycles. The molecule has 0 atom stereocenters. The number of nitrogens with zero attached hydrogens (tertiary/aromatic N) is 5. The molecular formula is C27H28ClF2N7O. The Labute approximate surface area is 225 Å². The van der Waals surface area contributed by atoms with Gasteiger partial charge in [0.15, 0.2) is 11.6 Å². The number of aromatic nitrogens is 1. The van der Waals surface area contributed by atoms with E-state index in [0.29, 0.717) is 35.1 Å². The summed E-state index contributed by atoms with van der Waals surface area (Å²) in [5.41, 5.74) is 1.05. The molecule has 4 rings (SSSR count). The molecule has 8 nitrogen and oxygen atoms in total. The fourth-order valence-electron chi connectivity index (χ4n) is 4.28. The molecule has 0 aliphatic carbocycles. The number of benzene rings is 2. The Hall–Kier alpha value is -3.78. The van der Waals surface area contributed by atoms with Crippen LogP contribution in [0.25, 0.3) is 11.1 Å². The van der Waals surface area contributed by atoms with Crippen LogP contribution in [0.15, 0.2) is 42.6 Å². The Bertz CT molecular complexity index is 1370. The number of urea groups is 1. The number of rotatable bonds is 9. The monoisotopic (exact) mass is 539 g/mol. The maximum atomic E-state index is 15.6. The summed E-state index contributed by atoms with van der Waals surface area (Å²) in [6.45, 7) is 4.63. The molecule has 2 aromatic carbocycles. The van der Waals surface area contributed by atoms with E-state index in [0.717, 1.165) is 30.1 Å². The molecule has 11 heteroatoms. The first-order valence-electron chi connectivity index (χ1n) is 12.1. The fourth-order valence-corrected chi connectivity index (χ4v) is 4.44. The average molecular weight is 540 g/mol. The first-order chi connectivity index (χ1) is 18.2. The minimum Gasteiger partial charge on any atom is -0.384 e. The van der Waals surface area contributed by atoms with Crippen LogP contribution < -0.4 is 20.4 Å². The number of pyridine rings is 1. The number of nitriles is 1. The van der Waals surface area contributed by atoms with E-state index >= 15 is 8.78 Å². The van der Waals surface area contributed by atoms with Gasteiger partial charge in [0.05, 0.1) is 22.3 Å².